The summed E-state index contributed by atoms with van der Waals surface area (Å²) in [5, 5.41) is 0.602. The van der Waals surface area contributed by atoms with Gasteiger partial charge in [-0.05, 0) is 31.2 Å². The van der Waals surface area contributed by atoms with Gasteiger partial charge < -0.3 is 0 Å². The van der Waals surface area contributed by atoms with Crippen LogP contribution in [0.4, 0.5) is 0 Å². The highest BCUT2D eigenvalue weighted by Crippen LogP contribution is 2.23. The van der Waals surface area contributed by atoms with Gasteiger partial charge in [-0.15, -0.1) is 12.3 Å². The minimum Gasteiger partial charge on any atom is -0.288 e. The Morgan fingerprint density at radius 1 is 1.33 bits per heavy atom. The molecule has 0 saturated heterocycles. The molecule has 96 valence electrons. The van der Waals surface area contributed by atoms with Gasteiger partial charge in [-0.1, -0.05) is 42.1 Å². The number of benzene rings is 1. The maximum atomic E-state index is 11.2. The van der Waals surface area contributed by atoms with Crippen LogP contribution >= 0.6 is 11.8 Å². The van der Waals surface area contributed by atoms with Gasteiger partial charge in [0.25, 0.3) is 0 Å². The van der Waals surface area contributed by atoms with Crippen molar-refractivity contribution in [2.24, 2.45) is 0 Å². The van der Waals surface area contributed by atoms with Crippen molar-refractivity contribution in [3.05, 3.63) is 35.9 Å². The zero-order valence-electron chi connectivity index (χ0n) is 10.9. The lowest BCUT2D eigenvalue weighted by atomic mass is 10.1. The van der Waals surface area contributed by atoms with Crippen LogP contribution in [0.2, 0.25) is 0 Å². The van der Waals surface area contributed by atoms with Crippen molar-refractivity contribution in [3.63, 3.8) is 0 Å². The molecule has 0 aliphatic heterocycles. The fourth-order valence-corrected chi connectivity index (χ4v) is 2.89. The van der Waals surface area contributed by atoms with E-state index < -0.39 is 0 Å². The summed E-state index contributed by atoms with van der Waals surface area (Å²) in [6, 6.07) is 10.4. The summed E-state index contributed by atoms with van der Waals surface area (Å²) in [5.41, 5.74) is 1.34. The van der Waals surface area contributed by atoms with E-state index in [-0.39, 0.29) is 5.12 Å². The molecule has 0 heterocycles. The summed E-state index contributed by atoms with van der Waals surface area (Å²) in [6.07, 6.45) is 10.2. The summed E-state index contributed by atoms with van der Waals surface area (Å²) in [6.45, 7) is 1.64. The van der Waals surface area contributed by atoms with Crippen molar-refractivity contribution in [2.45, 2.75) is 44.3 Å². The Morgan fingerprint density at radius 2 is 2.06 bits per heavy atom. The Balaban J connectivity index is 2.40. The second-order valence-corrected chi connectivity index (χ2v) is 5.83. The number of carbonyl (C=O) groups excluding carboxylic acids is 1. The zero-order valence-corrected chi connectivity index (χ0v) is 11.7. The quantitative estimate of drug-likeness (QED) is 0.543. The second-order valence-electron chi connectivity index (χ2n) is 4.35. The molecule has 0 fully saturated rings. The van der Waals surface area contributed by atoms with Crippen LogP contribution in [0.15, 0.2) is 30.3 Å². The van der Waals surface area contributed by atoms with E-state index in [0.717, 1.165) is 32.1 Å². The summed E-state index contributed by atoms with van der Waals surface area (Å²) < 4.78 is 0. The number of unbranched alkanes of at least 4 members (excludes halogenated alkanes) is 1. The number of rotatable bonds is 7. The van der Waals surface area contributed by atoms with Crippen molar-refractivity contribution in [1.82, 2.24) is 0 Å². The molecular weight excluding hydrogens is 240 g/mol. The lowest BCUT2D eigenvalue weighted by molar-refractivity contribution is -0.109. The second kappa shape index (κ2) is 8.83. The molecule has 0 N–H and O–H groups in total. The van der Waals surface area contributed by atoms with Gasteiger partial charge in [-0.3, -0.25) is 4.79 Å². The standard InChI is InChI=1S/C16H20OS/c1-3-4-6-11-16(18-14(2)17)13-12-15-9-7-5-8-10-15/h1,5,7-10,16H,4,6,11-13H2,2H3. The molecule has 2 heteroatoms. The maximum Gasteiger partial charge on any atom is 0.186 e. The largest absolute Gasteiger partial charge is 0.288 e. The first-order valence-electron chi connectivity index (χ1n) is 6.37. The van der Waals surface area contributed by atoms with Crippen LogP contribution in [-0.2, 0) is 11.2 Å². The maximum absolute atomic E-state index is 11.2. The number of thioether (sulfide) groups is 1. The fourth-order valence-electron chi connectivity index (χ4n) is 1.90. The third-order valence-corrected chi connectivity index (χ3v) is 3.91. The van der Waals surface area contributed by atoms with Gasteiger partial charge in [-0.25, -0.2) is 0 Å². The van der Waals surface area contributed by atoms with E-state index >= 15 is 0 Å². The fraction of sp³-hybridized carbons (Fsp3) is 0.438. The number of carbonyl (C=O) groups is 1. The predicted octanol–water partition coefficient (Wildman–Crippen LogP) is 4.07. The Morgan fingerprint density at radius 3 is 2.67 bits per heavy atom. The molecule has 1 aromatic rings. The Labute approximate surface area is 114 Å². The van der Waals surface area contributed by atoms with Crippen LogP contribution in [0.25, 0.3) is 0 Å². The first-order valence-corrected chi connectivity index (χ1v) is 7.25. The third-order valence-electron chi connectivity index (χ3n) is 2.78. The zero-order chi connectivity index (χ0) is 13.2. The van der Waals surface area contributed by atoms with Gasteiger partial charge in [0.05, 0.1) is 0 Å². The Hall–Kier alpha value is -1.20. The van der Waals surface area contributed by atoms with Crippen LogP contribution in [0, 0.1) is 12.3 Å². The summed E-state index contributed by atoms with van der Waals surface area (Å²) in [4.78, 5) is 11.2. The van der Waals surface area contributed by atoms with Crippen molar-refractivity contribution in [3.8, 4) is 12.3 Å². The van der Waals surface area contributed by atoms with Crippen LogP contribution in [-0.4, -0.2) is 10.4 Å². The van der Waals surface area contributed by atoms with E-state index in [1.54, 1.807) is 6.92 Å². The van der Waals surface area contributed by atoms with Crippen LogP contribution < -0.4 is 0 Å². The predicted molar refractivity (Wildman–Crippen MR) is 79.5 cm³/mol. The van der Waals surface area contributed by atoms with E-state index in [1.165, 1.54) is 17.3 Å². The number of terminal acetylenes is 1. The molecule has 0 bridgehead atoms. The van der Waals surface area contributed by atoms with E-state index in [9.17, 15) is 4.79 Å². The first kappa shape index (κ1) is 14.9. The molecule has 0 radical (unpaired) electrons. The van der Waals surface area contributed by atoms with Gasteiger partial charge in [-0.2, -0.15) is 0 Å². The highest BCUT2D eigenvalue weighted by Gasteiger charge is 2.11. The van der Waals surface area contributed by atoms with Gasteiger partial charge in [0, 0.05) is 18.6 Å². The summed E-state index contributed by atoms with van der Waals surface area (Å²) in [5.74, 6) is 2.66. The minimum absolute atomic E-state index is 0.203. The summed E-state index contributed by atoms with van der Waals surface area (Å²) in [7, 11) is 0. The molecule has 1 rings (SSSR count). The highest BCUT2D eigenvalue weighted by molar-refractivity contribution is 8.14. The molecule has 0 aromatic heterocycles. The minimum atomic E-state index is 0.203. The van der Waals surface area contributed by atoms with Gasteiger partial charge in [0.1, 0.15) is 0 Å². The van der Waals surface area contributed by atoms with Crippen molar-refractivity contribution >= 4 is 16.9 Å². The Kier molecular flexibility index (Phi) is 7.29. The molecule has 1 unspecified atom stereocenters. The van der Waals surface area contributed by atoms with Crippen molar-refractivity contribution in [1.29, 1.82) is 0 Å². The van der Waals surface area contributed by atoms with Gasteiger partial charge in [0.2, 0.25) is 0 Å². The monoisotopic (exact) mass is 260 g/mol. The molecule has 1 aromatic carbocycles. The number of aryl methyl sites for hydroxylation is 1. The molecular formula is C16H20OS. The average Bonchev–Trinajstić information content (AvgIpc) is 2.37. The SMILES string of the molecule is C#CCCCC(CCc1ccccc1)SC(C)=O. The normalized spacial score (nSPS) is 11.8. The van der Waals surface area contributed by atoms with Gasteiger partial charge in [0.15, 0.2) is 5.12 Å². The highest BCUT2D eigenvalue weighted by atomic mass is 32.2. The van der Waals surface area contributed by atoms with Crippen molar-refractivity contribution in [2.75, 3.05) is 0 Å². The lowest BCUT2D eigenvalue weighted by Crippen LogP contribution is -2.07. The molecule has 18 heavy (non-hydrogen) atoms. The summed E-state index contributed by atoms with van der Waals surface area (Å²) >= 11 is 1.46. The number of hydrogen-bond donors (Lipinski definition) is 0. The number of hydrogen-bond acceptors (Lipinski definition) is 2. The molecule has 0 amide bonds. The van der Waals surface area contributed by atoms with E-state index in [1.807, 2.05) is 6.07 Å². The third kappa shape index (κ3) is 6.51. The average molecular weight is 260 g/mol. The van der Waals surface area contributed by atoms with Gasteiger partial charge >= 0.3 is 0 Å². The topological polar surface area (TPSA) is 17.1 Å². The molecule has 0 saturated carbocycles. The van der Waals surface area contributed by atoms with E-state index in [0.29, 0.717) is 5.25 Å². The first-order chi connectivity index (χ1) is 8.72. The smallest absolute Gasteiger partial charge is 0.186 e. The molecule has 0 aliphatic rings. The molecule has 0 spiro atoms. The van der Waals surface area contributed by atoms with Crippen LogP contribution in [0.3, 0.4) is 0 Å². The molecule has 0 aliphatic carbocycles. The van der Waals surface area contributed by atoms with E-state index in [2.05, 4.69) is 30.2 Å². The lowest BCUT2D eigenvalue weighted by Gasteiger charge is -2.14. The van der Waals surface area contributed by atoms with Crippen LogP contribution in [0.5, 0.6) is 0 Å². The van der Waals surface area contributed by atoms with Crippen LogP contribution in [0.1, 0.15) is 38.2 Å². The molecule has 1 nitrogen and oxygen atoms in total. The van der Waals surface area contributed by atoms with Crippen molar-refractivity contribution < 1.29 is 4.79 Å². The molecule has 1 atom stereocenters. The van der Waals surface area contributed by atoms with E-state index in [4.69, 9.17) is 6.42 Å². The Bertz CT molecular complexity index is 391.